The lowest BCUT2D eigenvalue weighted by atomic mass is 10.1. The molecule has 0 saturated heterocycles. The molecule has 0 bridgehead atoms. The number of aryl methyl sites for hydroxylation is 8. The number of hydrogen-bond acceptors (Lipinski definition) is 9. The molecule has 0 fully saturated rings. The summed E-state index contributed by atoms with van der Waals surface area (Å²) in [7, 11) is 4.98. The highest BCUT2D eigenvalue weighted by molar-refractivity contribution is 6.00. The zero-order valence-corrected chi connectivity index (χ0v) is 34.4. The maximum atomic E-state index is 13.8. The third kappa shape index (κ3) is 8.18. The van der Waals surface area contributed by atoms with Crippen LogP contribution < -0.4 is 32.2 Å². The summed E-state index contributed by atoms with van der Waals surface area (Å²) >= 11 is 0. The number of amides is 4. The number of hydrogen-bond donors (Lipinski definition) is 3. The molecule has 0 spiro atoms. The van der Waals surface area contributed by atoms with Crippen molar-refractivity contribution in [2.45, 2.75) is 73.1 Å². The average Bonchev–Trinajstić information content (AvgIpc) is 3.94. The van der Waals surface area contributed by atoms with E-state index < -0.39 is 23.6 Å². The second-order valence-electron chi connectivity index (χ2n) is 14.1. The van der Waals surface area contributed by atoms with Gasteiger partial charge in [0.05, 0.1) is 36.1 Å². The van der Waals surface area contributed by atoms with Crippen LogP contribution in [0.1, 0.15) is 86.2 Å². The minimum atomic E-state index is -0.664. The van der Waals surface area contributed by atoms with Crippen LogP contribution in [-0.2, 0) is 40.3 Å². The highest BCUT2D eigenvalue weighted by Crippen LogP contribution is 2.30. The highest BCUT2D eigenvalue weighted by atomic mass is 16.5. The van der Waals surface area contributed by atoms with Crippen LogP contribution in [0.5, 0.6) is 11.5 Å². The second-order valence-corrected chi connectivity index (χ2v) is 14.1. The van der Waals surface area contributed by atoms with Crippen molar-refractivity contribution in [2.24, 2.45) is 35.5 Å². The number of methoxy groups -OCH3 is 1. The van der Waals surface area contributed by atoms with Gasteiger partial charge in [-0.1, -0.05) is 0 Å². The van der Waals surface area contributed by atoms with Gasteiger partial charge in [0.15, 0.2) is 0 Å². The molecule has 19 heteroatoms. The van der Waals surface area contributed by atoms with Gasteiger partial charge in [-0.15, -0.1) is 0 Å². The zero-order valence-electron chi connectivity index (χ0n) is 34.4. The van der Waals surface area contributed by atoms with E-state index >= 15 is 0 Å². The quantitative estimate of drug-likeness (QED) is 0.121. The Hall–Kier alpha value is -6.76. The third-order valence-electron chi connectivity index (χ3n) is 10.1. The number of imidazole rings is 2. The van der Waals surface area contributed by atoms with Gasteiger partial charge < -0.3 is 44.3 Å². The molecule has 59 heavy (non-hydrogen) atoms. The van der Waals surface area contributed by atoms with Gasteiger partial charge in [0, 0.05) is 64.4 Å². The van der Waals surface area contributed by atoms with Crippen LogP contribution in [0.2, 0.25) is 0 Å². The van der Waals surface area contributed by atoms with E-state index in [1.807, 2.05) is 23.0 Å². The molecule has 0 saturated carbocycles. The van der Waals surface area contributed by atoms with Crippen LogP contribution >= 0.6 is 0 Å². The van der Waals surface area contributed by atoms with Crippen molar-refractivity contribution in [3.8, 4) is 11.5 Å². The smallest absolute Gasteiger partial charge is 0.298 e. The van der Waals surface area contributed by atoms with Crippen molar-refractivity contribution in [1.82, 2.24) is 37.8 Å². The maximum absolute atomic E-state index is 13.8. The number of unbranched alkanes of at least 4 members (excludes halogenated alkanes) is 1. The average molecular weight is 811 g/mol. The maximum Gasteiger partial charge on any atom is 0.298 e. The van der Waals surface area contributed by atoms with Crippen molar-refractivity contribution < 1.29 is 33.8 Å². The summed E-state index contributed by atoms with van der Waals surface area (Å²) in [6.07, 6.45) is 1.38. The van der Waals surface area contributed by atoms with Crippen LogP contribution in [0.4, 0.5) is 0 Å². The van der Waals surface area contributed by atoms with Crippen LogP contribution in [0.15, 0.2) is 46.4 Å². The van der Waals surface area contributed by atoms with Gasteiger partial charge in [0.2, 0.25) is 23.1 Å². The fourth-order valence-corrected chi connectivity index (χ4v) is 7.26. The van der Waals surface area contributed by atoms with Gasteiger partial charge in [-0.2, -0.15) is 20.2 Å². The molecule has 2 aromatic carbocycles. The summed E-state index contributed by atoms with van der Waals surface area (Å²) in [6.45, 7) is 9.05. The predicted octanol–water partition coefficient (Wildman–Crippen LogP) is 2.25. The molecule has 5 N–H and O–H groups in total. The van der Waals surface area contributed by atoms with Crippen LogP contribution in [0.3, 0.4) is 0 Å². The first-order valence-electron chi connectivity index (χ1n) is 19.3. The van der Waals surface area contributed by atoms with Crippen LogP contribution in [0.25, 0.3) is 22.1 Å². The number of rotatable bonds is 16. The first-order valence-corrected chi connectivity index (χ1v) is 19.3. The lowest BCUT2D eigenvalue weighted by molar-refractivity contribution is 0.0977. The topological polar surface area (TPSA) is 239 Å². The van der Waals surface area contributed by atoms with Crippen molar-refractivity contribution in [2.75, 3.05) is 20.3 Å². The van der Waals surface area contributed by atoms with Gasteiger partial charge in [-0.25, -0.2) is 0 Å². The van der Waals surface area contributed by atoms with E-state index in [-0.39, 0.29) is 24.3 Å². The van der Waals surface area contributed by atoms with Crippen molar-refractivity contribution in [1.29, 1.82) is 0 Å². The molecular weight excluding hydrogens is 761 g/mol. The fraction of sp³-hybridized carbons (Fsp3) is 0.400. The largest absolute Gasteiger partial charge is 0.494 e. The zero-order chi connectivity index (χ0) is 42.7. The molecule has 6 aromatic rings. The first kappa shape index (κ1) is 41.9. The molecule has 19 nitrogen and oxygen atoms in total. The van der Waals surface area contributed by atoms with E-state index in [0.717, 1.165) is 0 Å². The summed E-state index contributed by atoms with van der Waals surface area (Å²) in [6, 6.07) is 9.75. The Morgan fingerprint density at radius 1 is 0.695 bits per heavy atom. The van der Waals surface area contributed by atoms with E-state index in [2.05, 4.69) is 20.2 Å². The molecule has 4 amide bonds. The normalized spacial score (nSPS) is 12.3. The molecule has 0 aliphatic heterocycles. The number of aliphatic hydroxyl groups excluding tert-OH is 1. The summed E-state index contributed by atoms with van der Waals surface area (Å²) in [5.41, 5.74) is 16.8. The number of fused-ring (bicyclic) bond motifs is 2. The molecule has 0 unspecified atom stereocenters. The lowest BCUT2D eigenvalue weighted by Crippen LogP contribution is -2.28. The molecule has 0 radical (unpaired) electrons. The number of aliphatic hydroxyl groups is 1. The van der Waals surface area contributed by atoms with Gasteiger partial charge in [0.25, 0.3) is 11.8 Å². The van der Waals surface area contributed by atoms with Crippen LogP contribution in [-0.4, -0.2) is 86.9 Å². The predicted molar refractivity (Wildman–Crippen MR) is 217 cm³/mol. The monoisotopic (exact) mass is 810 g/mol. The summed E-state index contributed by atoms with van der Waals surface area (Å²) in [4.78, 5) is 61.6. The minimum absolute atomic E-state index is 0.102. The number of primary amides is 2. The summed E-state index contributed by atoms with van der Waals surface area (Å²) in [5, 5.41) is 18.3. The summed E-state index contributed by atoms with van der Waals surface area (Å²) < 4.78 is 22.3. The third-order valence-corrected chi connectivity index (χ3v) is 10.1. The van der Waals surface area contributed by atoms with Gasteiger partial charge >= 0.3 is 0 Å². The molecule has 0 atom stereocenters. The Kier molecular flexibility index (Phi) is 12.3. The van der Waals surface area contributed by atoms with Crippen molar-refractivity contribution in [3.63, 3.8) is 0 Å². The standard InChI is InChI=1S/C40H50N12O7/c1-8-51-29(17-23(3)45-51)37(56)43-39-47(5)27-19-25(35(41)54)21-31(58-7)33(27)49(39)13-10-11-14-50-34-28(20-26(36(42)55)22-32(34)59-16-12-15-53)48(6)40(50)44-38(57)30-18-24(4)46-52(30)9-2/h17-22,53H,8-16H2,1-7H3,(H2,41,54)(H2,42,55)/b43-39+,44-40+. The van der Waals surface area contributed by atoms with E-state index in [1.54, 1.807) is 82.8 Å². The molecule has 312 valence electrons. The molecule has 0 aliphatic rings. The van der Waals surface area contributed by atoms with Gasteiger partial charge in [0.1, 0.15) is 33.9 Å². The van der Waals surface area contributed by atoms with Crippen molar-refractivity contribution in [3.05, 3.63) is 81.5 Å². The molecular formula is C40H50N12O7. The van der Waals surface area contributed by atoms with Crippen molar-refractivity contribution >= 4 is 45.7 Å². The highest BCUT2D eigenvalue weighted by Gasteiger charge is 2.22. The number of nitrogens with zero attached hydrogens (tertiary/aromatic N) is 10. The Balaban J connectivity index is 1.46. The number of nitrogens with two attached hydrogens (primary N) is 2. The second kappa shape index (κ2) is 17.4. The Labute approximate surface area is 338 Å². The van der Waals surface area contributed by atoms with E-state index in [9.17, 15) is 24.3 Å². The number of benzene rings is 2. The molecule has 0 aliphatic carbocycles. The Morgan fingerprint density at radius 3 is 1.54 bits per heavy atom. The lowest BCUT2D eigenvalue weighted by Gasteiger charge is -2.12. The van der Waals surface area contributed by atoms with Gasteiger partial charge in [-0.05, 0) is 76.9 Å². The minimum Gasteiger partial charge on any atom is -0.494 e. The van der Waals surface area contributed by atoms with E-state index in [1.165, 1.54) is 7.11 Å². The fourth-order valence-electron chi connectivity index (χ4n) is 7.26. The Bertz CT molecular complexity index is 2760. The SMILES string of the molecule is CCn1nc(C)cc1C(=O)/N=c1\n(C)c2cc(C(N)=O)cc(OC)c2n1CCCCn1/c(=N/C(=O)c2cc(C)nn2CC)n(C)c2cc(C(N)=O)cc(OCCCO)c21. The number of carbonyl (C=O) groups excluding carboxylic acids is 4. The Morgan fingerprint density at radius 2 is 1.14 bits per heavy atom. The number of ether oxygens (including phenoxy) is 2. The molecule has 6 rings (SSSR count). The van der Waals surface area contributed by atoms with E-state index in [0.29, 0.717) is 113 Å². The van der Waals surface area contributed by atoms with Gasteiger partial charge in [-0.3, -0.25) is 28.5 Å². The number of aromatic nitrogens is 8. The van der Waals surface area contributed by atoms with E-state index in [4.69, 9.17) is 20.9 Å². The first-order chi connectivity index (χ1) is 28.2. The molecule has 4 aromatic heterocycles. The van der Waals surface area contributed by atoms with Crippen LogP contribution in [0, 0.1) is 13.8 Å². The number of carbonyl (C=O) groups is 4. The summed E-state index contributed by atoms with van der Waals surface area (Å²) in [5.74, 6) is -1.60. The molecule has 4 heterocycles.